The van der Waals surface area contributed by atoms with E-state index in [-0.39, 0.29) is 12.0 Å². The fourth-order valence-corrected chi connectivity index (χ4v) is 5.05. The Morgan fingerprint density at radius 2 is 1.90 bits per heavy atom. The maximum atomic E-state index is 11.9. The maximum Gasteiger partial charge on any atom is 0.211 e. The van der Waals surface area contributed by atoms with Gasteiger partial charge in [0.1, 0.15) is 5.82 Å². The molecule has 4 rings (SSSR count). The van der Waals surface area contributed by atoms with Crippen molar-refractivity contribution in [2.75, 3.05) is 44.0 Å². The number of hydrogen-bond acceptors (Lipinski definition) is 7. The van der Waals surface area contributed by atoms with Gasteiger partial charge in [-0.15, -0.1) is 0 Å². The minimum Gasteiger partial charge on any atom is -0.377 e. The normalized spacial score (nSPS) is 21.7. The molecular formula is C21H29N5O3S. The molecular weight excluding hydrogens is 402 g/mol. The van der Waals surface area contributed by atoms with Crippen molar-refractivity contribution in [3.63, 3.8) is 0 Å². The molecule has 0 bridgehead atoms. The summed E-state index contributed by atoms with van der Waals surface area (Å²) in [5.41, 5.74) is 2.85. The first-order chi connectivity index (χ1) is 14.3. The lowest BCUT2D eigenvalue weighted by Crippen LogP contribution is -2.44. The Kier molecular flexibility index (Phi) is 6.04. The number of nitrogens with zero attached hydrogens (tertiary/aromatic N) is 5. The minimum absolute atomic E-state index is 0.211. The molecule has 2 aliphatic heterocycles. The van der Waals surface area contributed by atoms with Gasteiger partial charge in [-0.2, -0.15) is 0 Å². The smallest absolute Gasteiger partial charge is 0.211 e. The van der Waals surface area contributed by atoms with E-state index in [9.17, 15) is 8.42 Å². The van der Waals surface area contributed by atoms with E-state index >= 15 is 0 Å². The lowest BCUT2D eigenvalue weighted by atomic mass is 9.94. The molecule has 1 atom stereocenters. The molecule has 0 unspecified atom stereocenters. The molecule has 2 aromatic heterocycles. The predicted octanol–water partition coefficient (Wildman–Crippen LogP) is 2.21. The molecule has 0 radical (unpaired) electrons. The zero-order valence-electron chi connectivity index (χ0n) is 17.8. The second-order valence-electron chi connectivity index (χ2n) is 8.21. The third kappa shape index (κ3) is 4.63. The first-order valence-corrected chi connectivity index (χ1v) is 12.3. The van der Waals surface area contributed by atoms with E-state index in [1.165, 1.54) is 6.26 Å². The van der Waals surface area contributed by atoms with Gasteiger partial charge in [-0.05, 0) is 38.8 Å². The summed E-state index contributed by atoms with van der Waals surface area (Å²) in [5.74, 6) is 1.81. The van der Waals surface area contributed by atoms with Crippen molar-refractivity contribution in [1.29, 1.82) is 0 Å². The number of rotatable bonds is 4. The molecule has 0 saturated carbocycles. The average molecular weight is 432 g/mol. The largest absolute Gasteiger partial charge is 0.377 e. The van der Waals surface area contributed by atoms with Crippen LogP contribution in [0.4, 0.5) is 5.82 Å². The van der Waals surface area contributed by atoms with Crippen LogP contribution in [-0.4, -0.2) is 72.8 Å². The quantitative estimate of drug-likeness (QED) is 0.733. The lowest BCUT2D eigenvalue weighted by molar-refractivity contribution is 0.0985. The Bertz CT molecular complexity index is 1010. The third-order valence-corrected chi connectivity index (χ3v) is 7.19. The Hall–Kier alpha value is -2.10. The first kappa shape index (κ1) is 21.1. The fraction of sp³-hybridized carbons (Fsp3) is 0.571. The molecule has 0 N–H and O–H groups in total. The van der Waals surface area contributed by atoms with E-state index in [0.717, 1.165) is 42.2 Å². The van der Waals surface area contributed by atoms with Gasteiger partial charge in [0.15, 0.2) is 5.82 Å². The number of morpholine rings is 1. The molecule has 0 amide bonds. The highest BCUT2D eigenvalue weighted by Crippen LogP contribution is 2.32. The predicted molar refractivity (Wildman–Crippen MR) is 116 cm³/mol. The van der Waals surface area contributed by atoms with Gasteiger partial charge in [0.05, 0.1) is 25.5 Å². The highest BCUT2D eigenvalue weighted by atomic mass is 32.2. The summed E-state index contributed by atoms with van der Waals surface area (Å²) in [4.78, 5) is 16.4. The number of pyridine rings is 1. The van der Waals surface area contributed by atoms with E-state index in [1.54, 1.807) is 10.5 Å². The van der Waals surface area contributed by atoms with E-state index in [4.69, 9.17) is 14.7 Å². The van der Waals surface area contributed by atoms with E-state index in [0.29, 0.717) is 32.1 Å². The van der Waals surface area contributed by atoms with Crippen molar-refractivity contribution in [3.05, 3.63) is 35.8 Å². The number of aryl methyl sites for hydroxylation is 1. The lowest BCUT2D eigenvalue weighted by Gasteiger charge is -2.35. The summed E-state index contributed by atoms with van der Waals surface area (Å²) in [5, 5.41) is 0. The molecule has 0 aliphatic carbocycles. The molecule has 2 aromatic rings. The molecule has 8 nitrogen and oxygen atoms in total. The summed E-state index contributed by atoms with van der Waals surface area (Å²) in [7, 11) is -3.15. The van der Waals surface area contributed by atoms with Crippen LogP contribution >= 0.6 is 0 Å². The van der Waals surface area contributed by atoms with Crippen LogP contribution in [0.25, 0.3) is 11.4 Å². The van der Waals surface area contributed by atoms with Crippen molar-refractivity contribution in [3.8, 4) is 11.4 Å². The van der Waals surface area contributed by atoms with Crippen LogP contribution in [0.2, 0.25) is 0 Å². The molecule has 2 aliphatic rings. The van der Waals surface area contributed by atoms with Gasteiger partial charge >= 0.3 is 0 Å². The Morgan fingerprint density at radius 3 is 2.57 bits per heavy atom. The van der Waals surface area contributed by atoms with Gasteiger partial charge < -0.3 is 9.64 Å². The Balaban J connectivity index is 1.69. The van der Waals surface area contributed by atoms with Gasteiger partial charge in [0.25, 0.3) is 0 Å². The number of hydrogen-bond donors (Lipinski definition) is 0. The number of anilines is 1. The highest BCUT2D eigenvalue weighted by Gasteiger charge is 2.28. The van der Waals surface area contributed by atoms with Crippen molar-refractivity contribution < 1.29 is 13.2 Å². The van der Waals surface area contributed by atoms with Crippen LogP contribution in [0.1, 0.15) is 37.1 Å². The van der Waals surface area contributed by atoms with Crippen molar-refractivity contribution >= 4 is 15.8 Å². The summed E-state index contributed by atoms with van der Waals surface area (Å²) in [6.07, 6.45) is 4.58. The molecule has 162 valence electrons. The topological polar surface area (TPSA) is 88.5 Å². The van der Waals surface area contributed by atoms with Gasteiger partial charge in [-0.25, -0.2) is 22.7 Å². The second kappa shape index (κ2) is 8.56. The third-order valence-electron chi connectivity index (χ3n) is 5.89. The van der Waals surface area contributed by atoms with Gasteiger partial charge in [0, 0.05) is 54.8 Å². The molecule has 2 saturated heterocycles. The van der Waals surface area contributed by atoms with Gasteiger partial charge in [-0.3, -0.25) is 4.98 Å². The molecule has 4 heterocycles. The number of piperidine rings is 1. The van der Waals surface area contributed by atoms with Crippen LogP contribution in [0.5, 0.6) is 0 Å². The van der Waals surface area contributed by atoms with Crippen LogP contribution < -0.4 is 4.90 Å². The van der Waals surface area contributed by atoms with Gasteiger partial charge in [0.2, 0.25) is 10.0 Å². The highest BCUT2D eigenvalue weighted by molar-refractivity contribution is 7.88. The minimum atomic E-state index is -3.15. The van der Waals surface area contributed by atoms with Crippen molar-refractivity contribution in [2.24, 2.45) is 0 Å². The number of aromatic nitrogens is 3. The fourth-order valence-electron chi connectivity index (χ4n) is 4.17. The van der Waals surface area contributed by atoms with Crippen molar-refractivity contribution in [2.45, 2.75) is 38.6 Å². The zero-order chi connectivity index (χ0) is 21.3. The van der Waals surface area contributed by atoms with E-state index < -0.39 is 10.0 Å². The molecule has 9 heteroatoms. The monoisotopic (exact) mass is 431 g/mol. The summed E-state index contributed by atoms with van der Waals surface area (Å²) in [6.45, 7) is 7.30. The molecule has 2 fully saturated rings. The first-order valence-electron chi connectivity index (χ1n) is 10.4. The molecule has 0 spiro atoms. The van der Waals surface area contributed by atoms with E-state index in [2.05, 4.69) is 22.9 Å². The Labute approximate surface area is 178 Å². The number of ether oxygens (including phenoxy) is 1. The Morgan fingerprint density at radius 1 is 1.13 bits per heavy atom. The second-order valence-corrected chi connectivity index (χ2v) is 10.2. The summed E-state index contributed by atoms with van der Waals surface area (Å²) >= 11 is 0. The average Bonchev–Trinajstić information content (AvgIpc) is 2.73. The van der Waals surface area contributed by atoms with Crippen LogP contribution in [-0.2, 0) is 14.8 Å². The summed E-state index contributed by atoms with van der Waals surface area (Å²) < 4.78 is 30.9. The van der Waals surface area contributed by atoms with Gasteiger partial charge in [-0.1, -0.05) is 0 Å². The maximum absolute atomic E-state index is 11.9. The summed E-state index contributed by atoms with van der Waals surface area (Å²) in [6, 6.07) is 6.25. The van der Waals surface area contributed by atoms with Crippen molar-refractivity contribution in [1.82, 2.24) is 19.3 Å². The standard InChI is InChI=1S/C21H29N5O3S/c1-15-12-18(4-7-22-15)21-23-19(17-5-8-25(9-6-17)30(3,27)28)13-20(24-21)26-10-11-29-14-16(26)2/h4,7,12-13,16-17H,5-6,8-11,14H2,1-3H3/t16-/m1/s1. The zero-order valence-corrected chi connectivity index (χ0v) is 18.6. The molecule has 30 heavy (non-hydrogen) atoms. The van der Waals surface area contributed by atoms with Crippen LogP contribution in [0, 0.1) is 6.92 Å². The number of sulfonamides is 1. The SMILES string of the molecule is Cc1cc(-c2nc(C3CCN(S(C)(=O)=O)CC3)cc(N3CCOC[C@H]3C)n2)ccn1. The van der Waals surface area contributed by atoms with Crippen LogP contribution in [0.15, 0.2) is 24.4 Å². The molecule has 0 aromatic carbocycles. The van der Waals surface area contributed by atoms with Crippen LogP contribution in [0.3, 0.4) is 0 Å². The van der Waals surface area contributed by atoms with E-state index in [1.807, 2.05) is 19.1 Å².